The van der Waals surface area contributed by atoms with Crippen molar-refractivity contribution >= 4 is 17.1 Å². The van der Waals surface area contributed by atoms with E-state index in [1.165, 1.54) is 0 Å². The molecule has 7 nitrogen and oxygen atoms in total. The molecular formula is C15H12N4O3. The molecule has 3 aromatic rings. The minimum Gasteiger partial charge on any atom is -0.508 e. The van der Waals surface area contributed by atoms with E-state index in [1.807, 2.05) is 6.07 Å². The van der Waals surface area contributed by atoms with E-state index in [0.717, 1.165) is 11.1 Å². The summed E-state index contributed by atoms with van der Waals surface area (Å²) in [4.78, 5) is 34.8. The lowest BCUT2D eigenvalue weighted by Gasteiger charge is -2.14. The fourth-order valence-corrected chi connectivity index (χ4v) is 2.72. The highest BCUT2D eigenvalue weighted by Gasteiger charge is 2.25. The fraction of sp³-hybridized carbons (Fsp3) is 0.133. The minimum absolute atomic E-state index is 0.192. The van der Waals surface area contributed by atoms with Crippen molar-refractivity contribution in [3.05, 3.63) is 57.6 Å². The van der Waals surface area contributed by atoms with Crippen LogP contribution in [0.4, 0.5) is 0 Å². The molecule has 2 aromatic heterocycles. The van der Waals surface area contributed by atoms with Gasteiger partial charge in [0.1, 0.15) is 11.4 Å². The van der Waals surface area contributed by atoms with Gasteiger partial charge in [-0.25, -0.2) is 9.78 Å². The zero-order valence-corrected chi connectivity index (χ0v) is 11.5. The number of H-pyrrole nitrogens is 2. The fourth-order valence-electron chi connectivity index (χ4n) is 2.72. The highest BCUT2D eigenvalue weighted by atomic mass is 16.3. The predicted octanol–water partition coefficient (Wildman–Crippen LogP) is 1.11. The Bertz CT molecular complexity index is 957. The quantitative estimate of drug-likeness (QED) is 0.626. The summed E-state index contributed by atoms with van der Waals surface area (Å²) in [5.74, 6) is -0.0165. The summed E-state index contributed by atoms with van der Waals surface area (Å²) < 4.78 is 0. The molecule has 0 saturated heterocycles. The molecule has 0 spiro atoms. The largest absolute Gasteiger partial charge is 0.508 e. The predicted molar refractivity (Wildman–Crippen MR) is 78.4 cm³/mol. The Hall–Kier alpha value is -3.09. The minimum atomic E-state index is -0.351. The Morgan fingerprint density at radius 2 is 1.95 bits per heavy atom. The van der Waals surface area contributed by atoms with Crippen LogP contribution in [-0.2, 0) is 13.1 Å². The van der Waals surface area contributed by atoms with E-state index in [9.17, 15) is 14.7 Å². The Labute approximate surface area is 124 Å². The van der Waals surface area contributed by atoms with Crippen molar-refractivity contribution in [2.24, 2.45) is 0 Å². The molecule has 0 fully saturated rings. The van der Waals surface area contributed by atoms with E-state index in [1.54, 1.807) is 29.2 Å². The highest BCUT2D eigenvalue weighted by molar-refractivity contribution is 5.94. The number of aromatic nitrogens is 3. The summed E-state index contributed by atoms with van der Waals surface area (Å²) in [6.07, 6.45) is 0. The van der Waals surface area contributed by atoms with Gasteiger partial charge < -0.3 is 15.0 Å². The third-order valence-corrected chi connectivity index (χ3v) is 3.79. The van der Waals surface area contributed by atoms with Gasteiger partial charge >= 0.3 is 5.69 Å². The van der Waals surface area contributed by atoms with E-state index in [0.29, 0.717) is 24.3 Å². The van der Waals surface area contributed by atoms with Gasteiger partial charge in [0.25, 0.3) is 5.91 Å². The smallest absolute Gasteiger partial charge is 0.325 e. The van der Waals surface area contributed by atoms with Crippen LogP contribution in [0.15, 0.2) is 35.1 Å². The zero-order chi connectivity index (χ0) is 15.3. The second kappa shape index (κ2) is 4.45. The third-order valence-electron chi connectivity index (χ3n) is 3.79. The SMILES string of the molecule is O=C(c1ccc2[nH]c(=O)[nH]c2n1)N1Cc2ccc(O)cc2C1. The van der Waals surface area contributed by atoms with Crippen LogP contribution in [0.25, 0.3) is 11.2 Å². The van der Waals surface area contributed by atoms with E-state index in [2.05, 4.69) is 15.0 Å². The summed E-state index contributed by atoms with van der Waals surface area (Å²) in [7, 11) is 0. The van der Waals surface area contributed by atoms with E-state index in [4.69, 9.17) is 0 Å². The van der Waals surface area contributed by atoms with Crippen molar-refractivity contribution in [2.45, 2.75) is 13.1 Å². The van der Waals surface area contributed by atoms with Gasteiger partial charge in [-0.2, -0.15) is 0 Å². The number of nitrogens with one attached hydrogen (secondary N) is 2. The molecule has 0 atom stereocenters. The maximum Gasteiger partial charge on any atom is 0.325 e. The summed E-state index contributed by atoms with van der Waals surface area (Å²) >= 11 is 0. The number of amides is 1. The van der Waals surface area contributed by atoms with Crippen molar-refractivity contribution < 1.29 is 9.90 Å². The van der Waals surface area contributed by atoms with Crippen LogP contribution in [0.1, 0.15) is 21.6 Å². The first-order chi connectivity index (χ1) is 10.6. The Balaban J connectivity index is 1.65. The lowest BCUT2D eigenvalue weighted by Crippen LogP contribution is -2.26. The molecule has 0 bridgehead atoms. The molecule has 1 aliphatic rings. The second-order valence-electron chi connectivity index (χ2n) is 5.29. The summed E-state index contributed by atoms with van der Waals surface area (Å²) in [5, 5.41) is 9.51. The monoisotopic (exact) mass is 296 g/mol. The maximum atomic E-state index is 12.5. The number of fused-ring (bicyclic) bond motifs is 2. The molecule has 0 saturated carbocycles. The molecule has 3 heterocycles. The molecule has 22 heavy (non-hydrogen) atoms. The van der Waals surface area contributed by atoms with E-state index in [-0.39, 0.29) is 23.0 Å². The molecule has 0 aliphatic carbocycles. The van der Waals surface area contributed by atoms with Crippen LogP contribution in [-0.4, -0.2) is 30.9 Å². The molecule has 3 N–H and O–H groups in total. The number of pyridine rings is 1. The lowest BCUT2D eigenvalue weighted by atomic mass is 10.1. The Kier molecular flexibility index (Phi) is 2.56. The number of hydrogen-bond donors (Lipinski definition) is 3. The van der Waals surface area contributed by atoms with Crippen molar-refractivity contribution in [2.75, 3.05) is 0 Å². The van der Waals surface area contributed by atoms with Gasteiger partial charge in [0.2, 0.25) is 0 Å². The van der Waals surface area contributed by atoms with Gasteiger partial charge in [-0.05, 0) is 35.4 Å². The number of phenols is 1. The Morgan fingerprint density at radius 3 is 2.82 bits per heavy atom. The maximum absolute atomic E-state index is 12.5. The molecule has 1 amide bonds. The van der Waals surface area contributed by atoms with Gasteiger partial charge in [-0.3, -0.25) is 9.78 Å². The van der Waals surface area contributed by atoms with Crippen LogP contribution < -0.4 is 5.69 Å². The van der Waals surface area contributed by atoms with Crippen LogP contribution in [0, 0.1) is 0 Å². The first-order valence-electron chi connectivity index (χ1n) is 6.79. The number of benzene rings is 1. The number of rotatable bonds is 1. The third kappa shape index (κ3) is 1.95. The first-order valence-corrected chi connectivity index (χ1v) is 6.79. The van der Waals surface area contributed by atoms with Gasteiger partial charge in [0.15, 0.2) is 5.65 Å². The molecule has 1 aliphatic heterocycles. The number of nitrogens with zero attached hydrogens (tertiary/aromatic N) is 2. The normalized spacial score (nSPS) is 13.5. The van der Waals surface area contributed by atoms with Crippen LogP contribution in [0.5, 0.6) is 5.75 Å². The lowest BCUT2D eigenvalue weighted by molar-refractivity contribution is 0.0746. The van der Waals surface area contributed by atoms with Crippen molar-refractivity contribution in [3.63, 3.8) is 0 Å². The summed E-state index contributed by atoms with van der Waals surface area (Å²) in [5.41, 5.74) is 2.81. The van der Waals surface area contributed by atoms with Gasteiger partial charge in [0, 0.05) is 13.1 Å². The number of aromatic amines is 2. The van der Waals surface area contributed by atoms with Gasteiger partial charge in [0.05, 0.1) is 5.52 Å². The van der Waals surface area contributed by atoms with Crippen molar-refractivity contribution in [3.8, 4) is 5.75 Å². The molecule has 0 radical (unpaired) electrons. The van der Waals surface area contributed by atoms with Crippen LogP contribution in [0.2, 0.25) is 0 Å². The summed E-state index contributed by atoms with van der Waals surface area (Å²) in [6.45, 7) is 0.920. The van der Waals surface area contributed by atoms with E-state index < -0.39 is 0 Å². The average molecular weight is 296 g/mol. The number of hydrogen-bond acceptors (Lipinski definition) is 4. The van der Waals surface area contributed by atoms with Gasteiger partial charge in [-0.15, -0.1) is 0 Å². The number of phenolic OH excluding ortho intramolecular Hbond substituents is 1. The van der Waals surface area contributed by atoms with Crippen molar-refractivity contribution in [1.82, 2.24) is 19.9 Å². The van der Waals surface area contributed by atoms with Crippen LogP contribution in [0.3, 0.4) is 0 Å². The topological polar surface area (TPSA) is 102 Å². The molecule has 1 aromatic carbocycles. The number of imidazole rings is 1. The first kappa shape index (κ1) is 12.6. The number of aromatic hydroxyl groups is 1. The van der Waals surface area contributed by atoms with Crippen LogP contribution >= 0.6 is 0 Å². The summed E-state index contributed by atoms with van der Waals surface area (Å²) in [6, 6.07) is 8.35. The molecule has 110 valence electrons. The van der Waals surface area contributed by atoms with E-state index >= 15 is 0 Å². The Morgan fingerprint density at radius 1 is 1.14 bits per heavy atom. The number of carbonyl (C=O) groups is 1. The standard InChI is InChI=1S/C15H12N4O3/c20-10-2-1-8-6-19(7-9(8)5-10)14(21)12-4-3-11-13(16-12)18-15(22)17-11/h1-5,20H,6-7H2,(H2,16,17,18,22). The van der Waals surface area contributed by atoms with Gasteiger partial charge in [-0.1, -0.05) is 6.07 Å². The number of carbonyl (C=O) groups excluding carboxylic acids is 1. The highest BCUT2D eigenvalue weighted by Crippen LogP contribution is 2.27. The molecule has 7 heteroatoms. The molecule has 4 rings (SSSR count). The molecule has 0 unspecified atom stereocenters. The average Bonchev–Trinajstić information content (AvgIpc) is 3.07. The second-order valence-corrected chi connectivity index (χ2v) is 5.29. The zero-order valence-electron chi connectivity index (χ0n) is 11.5. The molecular weight excluding hydrogens is 284 g/mol. The van der Waals surface area contributed by atoms with Crippen molar-refractivity contribution in [1.29, 1.82) is 0 Å².